The van der Waals surface area contributed by atoms with Gasteiger partial charge in [0, 0.05) is 32.6 Å². The van der Waals surface area contributed by atoms with E-state index in [0.717, 1.165) is 68.5 Å². The highest BCUT2D eigenvalue weighted by Crippen LogP contribution is 2.23. The molecule has 0 bridgehead atoms. The van der Waals surface area contributed by atoms with Gasteiger partial charge in [0.15, 0.2) is 0 Å². The predicted molar refractivity (Wildman–Crippen MR) is 134 cm³/mol. The lowest BCUT2D eigenvalue weighted by Gasteiger charge is -2.21. The van der Waals surface area contributed by atoms with Crippen LogP contribution in [0.15, 0.2) is 54.6 Å². The smallest absolute Gasteiger partial charge is 0.225 e. The number of nitrogens with one attached hydrogen (secondary N) is 1. The molecule has 0 saturated carbocycles. The van der Waals surface area contributed by atoms with E-state index in [1.54, 1.807) is 0 Å². The minimum absolute atomic E-state index is 0.0505. The first-order chi connectivity index (χ1) is 16.0. The maximum atomic E-state index is 12.7. The van der Waals surface area contributed by atoms with Crippen molar-refractivity contribution in [3.05, 3.63) is 77.1 Å². The summed E-state index contributed by atoms with van der Waals surface area (Å²) in [6.45, 7) is 12.0. The third kappa shape index (κ3) is 6.09. The number of nitrogens with zero attached hydrogens (tertiary/aromatic N) is 4. The van der Waals surface area contributed by atoms with Gasteiger partial charge >= 0.3 is 0 Å². The second kappa shape index (κ2) is 10.8. The Bertz CT molecular complexity index is 1060. The molecule has 1 N–H and O–H groups in total. The Morgan fingerprint density at radius 1 is 0.909 bits per heavy atom. The summed E-state index contributed by atoms with van der Waals surface area (Å²) < 4.78 is 1.89. The fourth-order valence-electron chi connectivity index (χ4n) is 4.46. The number of aromatic nitrogens is 2. The number of amides is 1. The van der Waals surface area contributed by atoms with Gasteiger partial charge in [0.2, 0.25) is 5.91 Å². The fraction of sp³-hybridized carbons (Fsp3) is 0.407. The van der Waals surface area contributed by atoms with E-state index in [4.69, 9.17) is 0 Å². The lowest BCUT2D eigenvalue weighted by Crippen LogP contribution is -2.32. The van der Waals surface area contributed by atoms with Crippen molar-refractivity contribution in [2.75, 3.05) is 38.0 Å². The number of hydrogen-bond acceptors (Lipinski definition) is 4. The molecule has 1 aliphatic heterocycles. The number of hydrogen-bond donors (Lipinski definition) is 1. The Labute approximate surface area is 197 Å². The van der Waals surface area contributed by atoms with Crippen molar-refractivity contribution in [1.29, 1.82) is 0 Å². The van der Waals surface area contributed by atoms with Crippen LogP contribution in [0, 0.1) is 20.8 Å². The third-order valence-corrected chi connectivity index (χ3v) is 6.42. The van der Waals surface area contributed by atoms with Gasteiger partial charge in [0.25, 0.3) is 0 Å². The molecule has 1 aliphatic rings. The van der Waals surface area contributed by atoms with E-state index < -0.39 is 0 Å². The van der Waals surface area contributed by atoms with E-state index in [0.29, 0.717) is 6.42 Å². The molecule has 6 nitrogen and oxygen atoms in total. The summed E-state index contributed by atoms with van der Waals surface area (Å²) >= 11 is 0. The molecule has 0 unspecified atom stereocenters. The van der Waals surface area contributed by atoms with Gasteiger partial charge in [-0.25, -0.2) is 4.68 Å². The summed E-state index contributed by atoms with van der Waals surface area (Å²) in [7, 11) is 0. The molecule has 0 spiro atoms. The molecule has 2 heterocycles. The Balaban J connectivity index is 1.27. The largest absolute Gasteiger partial charge is 0.323 e. The van der Waals surface area contributed by atoms with E-state index in [9.17, 15) is 4.79 Å². The molecule has 0 atom stereocenters. The lowest BCUT2D eigenvalue weighted by molar-refractivity contribution is -0.116. The molecular formula is C27H35N5O. The molecular weight excluding hydrogens is 410 g/mol. The van der Waals surface area contributed by atoms with Crippen molar-refractivity contribution in [3.63, 3.8) is 0 Å². The topological polar surface area (TPSA) is 53.4 Å². The first-order valence-electron chi connectivity index (χ1n) is 11.9. The molecule has 2 aromatic carbocycles. The van der Waals surface area contributed by atoms with Crippen LogP contribution in [0.3, 0.4) is 0 Å². The zero-order valence-corrected chi connectivity index (χ0v) is 20.1. The van der Waals surface area contributed by atoms with Crippen LogP contribution < -0.4 is 5.32 Å². The Hall–Kier alpha value is -2.96. The molecule has 33 heavy (non-hydrogen) atoms. The first-order valence-corrected chi connectivity index (χ1v) is 11.9. The molecule has 4 rings (SSSR count). The van der Waals surface area contributed by atoms with Crippen molar-refractivity contribution in [2.24, 2.45) is 0 Å². The molecule has 1 amide bonds. The summed E-state index contributed by atoms with van der Waals surface area (Å²) in [4.78, 5) is 17.7. The predicted octanol–water partition coefficient (Wildman–Crippen LogP) is 4.33. The van der Waals surface area contributed by atoms with Crippen LogP contribution >= 0.6 is 0 Å². The van der Waals surface area contributed by atoms with Crippen molar-refractivity contribution < 1.29 is 4.79 Å². The number of benzene rings is 2. The second-order valence-corrected chi connectivity index (χ2v) is 9.05. The normalized spacial score (nSPS) is 15.4. The van der Waals surface area contributed by atoms with Gasteiger partial charge in [0.05, 0.1) is 22.8 Å². The maximum absolute atomic E-state index is 12.7. The second-order valence-electron chi connectivity index (χ2n) is 9.05. The number of anilines is 1. The number of rotatable bonds is 7. The summed E-state index contributed by atoms with van der Waals surface area (Å²) in [5, 5.41) is 7.74. The van der Waals surface area contributed by atoms with Gasteiger partial charge < -0.3 is 10.2 Å². The number of carbonyl (C=O) groups excluding carboxylic acids is 1. The summed E-state index contributed by atoms with van der Waals surface area (Å²) in [6.07, 6.45) is 1.63. The molecule has 6 heteroatoms. The van der Waals surface area contributed by atoms with Crippen molar-refractivity contribution >= 4 is 11.6 Å². The summed E-state index contributed by atoms with van der Waals surface area (Å²) in [5.74, 6) is 0.0505. The average Bonchev–Trinajstić information content (AvgIpc) is 2.97. The van der Waals surface area contributed by atoms with Gasteiger partial charge in [-0.2, -0.15) is 5.10 Å². The van der Waals surface area contributed by atoms with Gasteiger partial charge in [-0.3, -0.25) is 9.69 Å². The summed E-state index contributed by atoms with van der Waals surface area (Å²) in [5.41, 5.74) is 6.29. The SMILES string of the molecule is Cc1ccc(CN2CCCN(CCC(=O)Nc3c(C)nn(-c4ccccc4)c3C)CC2)cc1. The molecule has 3 aromatic rings. The van der Waals surface area contributed by atoms with E-state index >= 15 is 0 Å². The minimum Gasteiger partial charge on any atom is -0.323 e. The zero-order valence-electron chi connectivity index (χ0n) is 20.1. The monoisotopic (exact) mass is 445 g/mol. The van der Waals surface area contributed by atoms with Crippen LogP contribution in [-0.2, 0) is 11.3 Å². The number of para-hydroxylation sites is 1. The van der Waals surface area contributed by atoms with Crippen LogP contribution in [-0.4, -0.2) is 58.2 Å². The van der Waals surface area contributed by atoms with Crippen molar-refractivity contribution in [1.82, 2.24) is 19.6 Å². The maximum Gasteiger partial charge on any atom is 0.225 e. The molecule has 1 fully saturated rings. The highest BCUT2D eigenvalue weighted by molar-refractivity contribution is 5.92. The molecule has 174 valence electrons. The van der Waals surface area contributed by atoms with Gasteiger partial charge in [-0.1, -0.05) is 48.0 Å². The first kappa shape index (κ1) is 23.2. The van der Waals surface area contributed by atoms with Crippen LogP contribution in [0.25, 0.3) is 5.69 Å². The van der Waals surface area contributed by atoms with Crippen molar-refractivity contribution in [2.45, 2.75) is 40.2 Å². The molecule has 1 aromatic heterocycles. The molecule has 0 radical (unpaired) electrons. The molecule has 1 saturated heterocycles. The highest BCUT2D eigenvalue weighted by atomic mass is 16.1. The minimum atomic E-state index is 0.0505. The Morgan fingerprint density at radius 3 is 2.36 bits per heavy atom. The zero-order chi connectivity index (χ0) is 23.2. The van der Waals surface area contributed by atoms with Crippen LogP contribution in [0.2, 0.25) is 0 Å². The van der Waals surface area contributed by atoms with Gasteiger partial charge in [0.1, 0.15) is 0 Å². The fourth-order valence-corrected chi connectivity index (χ4v) is 4.46. The lowest BCUT2D eigenvalue weighted by atomic mass is 10.1. The highest BCUT2D eigenvalue weighted by Gasteiger charge is 2.18. The Kier molecular flexibility index (Phi) is 7.57. The Morgan fingerprint density at radius 2 is 1.61 bits per heavy atom. The van der Waals surface area contributed by atoms with E-state index in [2.05, 4.69) is 51.4 Å². The van der Waals surface area contributed by atoms with Crippen molar-refractivity contribution in [3.8, 4) is 5.69 Å². The van der Waals surface area contributed by atoms with Gasteiger partial charge in [-0.05, 0) is 58.0 Å². The van der Waals surface area contributed by atoms with E-state index in [-0.39, 0.29) is 5.91 Å². The third-order valence-electron chi connectivity index (χ3n) is 6.42. The van der Waals surface area contributed by atoms with E-state index in [1.165, 1.54) is 11.1 Å². The number of carbonyl (C=O) groups is 1. The van der Waals surface area contributed by atoms with Gasteiger partial charge in [-0.15, -0.1) is 0 Å². The van der Waals surface area contributed by atoms with E-state index in [1.807, 2.05) is 48.9 Å². The molecule has 0 aliphatic carbocycles. The van der Waals surface area contributed by atoms with Crippen LogP contribution in [0.1, 0.15) is 35.4 Å². The standard InChI is InChI=1S/C27H35N5O/c1-21-10-12-24(13-11-21)20-31-16-7-15-30(18-19-31)17-14-26(33)28-27-22(2)29-32(23(27)3)25-8-5-4-6-9-25/h4-6,8-13H,7,14-20H2,1-3H3,(H,28,33). The quantitative estimate of drug-likeness (QED) is 0.588. The average molecular weight is 446 g/mol. The van der Waals surface area contributed by atoms with Crippen LogP contribution in [0.4, 0.5) is 5.69 Å². The summed E-state index contributed by atoms with van der Waals surface area (Å²) in [6, 6.07) is 18.8. The number of aryl methyl sites for hydroxylation is 2. The van der Waals surface area contributed by atoms with Crippen LogP contribution in [0.5, 0.6) is 0 Å².